The quantitative estimate of drug-likeness (QED) is 0.649. The zero-order valence-electron chi connectivity index (χ0n) is 7.66. The van der Waals surface area contributed by atoms with Gasteiger partial charge >= 0.3 is 11.9 Å². The van der Waals surface area contributed by atoms with Gasteiger partial charge in [-0.1, -0.05) is 6.08 Å². The van der Waals surface area contributed by atoms with Gasteiger partial charge in [0, 0.05) is 0 Å². The van der Waals surface area contributed by atoms with Crippen LogP contribution in [0.5, 0.6) is 0 Å². The largest absolute Gasteiger partial charge is 0.481 e. The van der Waals surface area contributed by atoms with Crippen LogP contribution in [-0.4, -0.2) is 24.2 Å². The van der Waals surface area contributed by atoms with Gasteiger partial charge < -0.3 is 9.84 Å². The van der Waals surface area contributed by atoms with Crippen molar-refractivity contribution in [3.8, 4) is 0 Å². The predicted molar refractivity (Wildman–Crippen MR) is 45.1 cm³/mol. The molecule has 0 fully saturated rings. The van der Waals surface area contributed by atoms with Crippen LogP contribution in [0.1, 0.15) is 19.8 Å². The minimum atomic E-state index is -1.06. The molecule has 1 aliphatic carbocycles. The monoisotopic (exact) mass is 184 g/mol. The van der Waals surface area contributed by atoms with E-state index in [9.17, 15) is 9.59 Å². The van der Waals surface area contributed by atoms with Gasteiger partial charge in [-0.2, -0.15) is 0 Å². The minimum Gasteiger partial charge on any atom is -0.481 e. The van der Waals surface area contributed by atoms with Crippen molar-refractivity contribution < 1.29 is 19.4 Å². The Labute approximate surface area is 76.2 Å². The van der Waals surface area contributed by atoms with E-state index in [1.54, 1.807) is 13.0 Å². The Morgan fingerprint density at radius 2 is 2.23 bits per heavy atom. The average molecular weight is 184 g/mol. The van der Waals surface area contributed by atoms with Gasteiger partial charge in [-0.15, -0.1) is 0 Å². The molecule has 0 saturated carbocycles. The molecular formula is C9H12O4. The zero-order chi connectivity index (χ0) is 10.1. The fraction of sp³-hybridized carbons (Fsp3) is 0.556. The maximum Gasteiger partial charge on any atom is 0.334 e. The van der Waals surface area contributed by atoms with Crippen LogP contribution in [0.25, 0.3) is 0 Å². The third-order valence-corrected chi connectivity index (χ3v) is 2.46. The average Bonchev–Trinajstić information content (AvgIpc) is 2.47. The molecule has 4 heteroatoms. The van der Waals surface area contributed by atoms with E-state index in [-0.39, 0.29) is 5.57 Å². The zero-order valence-corrected chi connectivity index (χ0v) is 7.66. The summed E-state index contributed by atoms with van der Waals surface area (Å²) >= 11 is 0. The van der Waals surface area contributed by atoms with Crippen LogP contribution >= 0.6 is 0 Å². The van der Waals surface area contributed by atoms with Crippen molar-refractivity contribution >= 4 is 11.9 Å². The second-order valence-electron chi connectivity index (χ2n) is 3.29. The standard InChI is InChI=1S/C9H12O4/c1-9(8(11)12)5-3-4-6(9)7(10)13-2/h4H,3,5H2,1-2H3,(H,11,12). The molecule has 1 atom stereocenters. The third kappa shape index (κ3) is 1.43. The van der Waals surface area contributed by atoms with Gasteiger partial charge in [0.1, 0.15) is 0 Å². The van der Waals surface area contributed by atoms with Gasteiger partial charge in [0.05, 0.1) is 18.1 Å². The van der Waals surface area contributed by atoms with E-state index in [2.05, 4.69) is 4.74 Å². The third-order valence-electron chi connectivity index (χ3n) is 2.46. The minimum absolute atomic E-state index is 0.266. The molecular weight excluding hydrogens is 172 g/mol. The summed E-state index contributed by atoms with van der Waals surface area (Å²) in [6.07, 6.45) is 2.72. The van der Waals surface area contributed by atoms with Crippen LogP contribution < -0.4 is 0 Å². The van der Waals surface area contributed by atoms with E-state index in [4.69, 9.17) is 5.11 Å². The van der Waals surface area contributed by atoms with Gasteiger partial charge in [-0.05, 0) is 19.8 Å². The van der Waals surface area contributed by atoms with Crippen LogP contribution in [0.3, 0.4) is 0 Å². The Morgan fingerprint density at radius 1 is 1.62 bits per heavy atom. The van der Waals surface area contributed by atoms with Crippen LogP contribution in [0.15, 0.2) is 11.6 Å². The molecule has 0 aromatic carbocycles. The van der Waals surface area contributed by atoms with Gasteiger partial charge in [0.25, 0.3) is 0 Å². The maximum absolute atomic E-state index is 11.2. The fourth-order valence-corrected chi connectivity index (χ4v) is 1.51. The summed E-state index contributed by atoms with van der Waals surface area (Å²) < 4.78 is 4.51. The Kier molecular flexibility index (Phi) is 2.40. The lowest BCUT2D eigenvalue weighted by Crippen LogP contribution is -2.30. The summed E-state index contributed by atoms with van der Waals surface area (Å²) in [6.45, 7) is 1.55. The molecule has 0 saturated heterocycles. The van der Waals surface area contributed by atoms with Crippen LogP contribution in [0.2, 0.25) is 0 Å². The number of ether oxygens (including phenoxy) is 1. The fourth-order valence-electron chi connectivity index (χ4n) is 1.51. The highest BCUT2D eigenvalue weighted by molar-refractivity contribution is 5.98. The molecule has 0 bridgehead atoms. The van der Waals surface area contributed by atoms with Crippen molar-refractivity contribution in [1.82, 2.24) is 0 Å². The molecule has 0 radical (unpaired) electrons. The van der Waals surface area contributed by atoms with Gasteiger partial charge in [-0.25, -0.2) is 4.79 Å². The van der Waals surface area contributed by atoms with Crippen LogP contribution in [0.4, 0.5) is 0 Å². The smallest absolute Gasteiger partial charge is 0.334 e. The molecule has 1 unspecified atom stereocenters. The summed E-state index contributed by atoms with van der Waals surface area (Å²) in [5.41, 5.74) is -0.796. The number of hydrogen-bond donors (Lipinski definition) is 1. The number of carboxylic acids is 1. The van der Waals surface area contributed by atoms with Crippen molar-refractivity contribution in [3.63, 3.8) is 0 Å². The molecule has 0 aromatic heterocycles. The Morgan fingerprint density at radius 3 is 2.69 bits per heavy atom. The number of methoxy groups -OCH3 is 1. The molecule has 1 aliphatic rings. The Bertz CT molecular complexity index is 279. The van der Waals surface area contributed by atoms with E-state index in [1.165, 1.54) is 7.11 Å². The summed E-state index contributed by atoms with van der Waals surface area (Å²) in [7, 11) is 1.25. The number of carbonyl (C=O) groups is 2. The summed E-state index contributed by atoms with van der Waals surface area (Å²) in [6, 6.07) is 0. The molecule has 0 amide bonds. The first-order valence-corrected chi connectivity index (χ1v) is 4.04. The van der Waals surface area contributed by atoms with Crippen molar-refractivity contribution in [2.45, 2.75) is 19.8 Å². The SMILES string of the molecule is COC(=O)C1=CCCC1(C)C(=O)O. The molecule has 0 aromatic rings. The van der Waals surface area contributed by atoms with E-state index in [0.717, 1.165) is 0 Å². The normalized spacial score (nSPS) is 26.8. The van der Waals surface area contributed by atoms with E-state index < -0.39 is 17.4 Å². The predicted octanol–water partition coefficient (Wildman–Crippen LogP) is 0.970. The number of carboxylic acid groups (broad SMARTS) is 1. The molecule has 1 N–H and O–H groups in total. The van der Waals surface area contributed by atoms with Crippen molar-refractivity contribution in [3.05, 3.63) is 11.6 Å². The number of aliphatic carboxylic acids is 1. The first-order valence-electron chi connectivity index (χ1n) is 4.04. The topological polar surface area (TPSA) is 63.6 Å². The number of carbonyl (C=O) groups excluding carboxylic acids is 1. The Balaban J connectivity index is 2.97. The first kappa shape index (κ1) is 9.77. The number of allylic oxidation sites excluding steroid dienone is 1. The lowest BCUT2D eigenvalue weighted by atomic mass is 9.83. The Hall–Kier alpha value is -1.32. The highest BCUT2D eigenvalue weighted by atomic mass is 16.5. The number of esters is 1. The van der Waals surface area contributed by atoms with Crippen LogP contribution in [0, 0.1) is 5.41 Å². The van der Waals surface area contributed by atoms with Gasteiger partial charge in [0.15, 0.2) is 0 Å². The highest BCUT2D eigenvalue weighted by Crippen LogP contribution is 2.39. The lowest BCUT2D eigenvalue weighted by molar-refractivity contribution is -0.149. The molecule has 72 valence electrons. The van der Waals surface area contributed by atoms with E-state index in [1.807, 2.05) is 0 Å². The number of hydrogen-bond acceptors (Lipinski definition) is 3. The van der Waals surface area contributed by atoms with Crippen molar-refractivity contribution in [2.75, 3.05) is 7.11 Å². The second-order valence-corrected chi connectivity index (χ2v) is 3.29. The molecule has 0 aliphatic heterocycles. The van der Waals surface area contributed by atoms with Gasteiger partial charge in [-0.3, -0.25) is 4.79 Å². The second kappa shape index (κ2) is 3.20. The van der Waals surface area contributed by atoms with Gasteiger partial charge in [0.2, 0.25) is 0 Å². The summed E-state index contributed by atoms with van der Waals surface area (Å²) in [5, 5.41) is 8.94. The summed E-state index contributed by atoms with van der Waals surface area (Å²) in [4.78, 5) is 22.1. The van der Waals surface area contributed by atoms with E-state index in [0.29, 0.717) is 12.8 Å². The van der Waals surface area contributed by atoms with Crippen LogP contribution in [-0.2, 0) is 14.3 Å². The first-order chi connectivity index (χ1) is 6.02. The van der Waals surface area contributed by atoms with E-state index >= 15 is 0 Å². The molecule has 4 nitrogen and oxygen atoms in total. The molecule has 0 spiro atoms. The highest BCUT2D eigenvalue weighted by Gasteiger charge is 2.43. The molecule has 1 rings (SSSR count). The molecule has 13 heavy (non-hydrogen) atoms. The van der Waals surface area contributed by atoms with Crippen molar-refractivity contribution in [2.24, 2.45) is 5.41 Å². The maximum atomic E-state index is 11.2. The lowest BCUT2D eigenvalue weighted by Gasteiger charge is -2.20. The number of rotatable bonds is 2. The molecule has 0 heterocycles. The van der Waals surface area contributed by atoms with Crippen molar-refractivity contribution in [1.29, 1.82) is 0 Å². The summed E-state index contributed by atoms with van der Waals surface area (Å²) in [5.74, 6) is -1.51.